The highest BCUT2D eigenvalue weighted by molar-refractivity contribution is 7.80. The van der Waals surface area contributed by atoms with Gasteiger partial charge in [0, 0.05) is 7.05 Å². The smallest absolute Gasteiger partial charge is 0.0750 e. The summed E-state index contributed by atoms with van der Waals surface area (Å²) in [5.41, 5.74) is 0. The summed E-state index contributed by atoms with van der Waals surface area (Å²) in [6.45, 7) is 2.24. The van der Waals surface area contributed by atoms with Gasteiger partial charge in [-0.2, -0.15) is 0 Å². The number of aliphatic hydroxyl groups is 1. The second kappa shape index (κ2) is 12.3. The number of aliphatic hydroxyl groups excluding tert-OH is 1. The zero-order chi connectivity index (χ0) is 12.9. The zero-order valence-electron chi connectivity index (χ0n) is 11.5. The van der Waals surface area contributed by atoms with E-state index in [1.165, 1.54) is 38.5 Å². The van der Waals surface area contributed by atoms with Gasteiger partial charge in [-0.15, -0.1) is 0 Å². The SMILES string of the molecule is CCCCCCCC[C@@H](O)CCCC(=S)NC. The van der Waals surface area contributed by atoms with E-state index in [0.717, 1.165) is 30.7 Å². The van der Waals surface area contributed by atoms with E-state index >= 15 is 0 Å². The van der Waals surface area contributed by atoms with Gasteiger partial charge in [-0.25, -0.2) is 0 Å². The molecule has 102 valence electrons. The molecule has 0 amide bonds. The fraction of sp³-hybridized carbons (Fsp3) is 0.929. The van der Waals surface area contributed by atoms with Crippen molar-refractivity contribution in [1.29, 1.82) is 0 Å². The van der Waals surface area contributed by atoms with E-state index in [0.29, 0.717) is 0 Å². The van der Waals surface area contributed by atoms with Gasteiger partial charge in [0.25, 0.3) is 0 Å². The Morgan fingerprint density at radius 2 is 1.65 bits per heavy atom. The Morgan fingerprint density at radius 3 is 2.29 bits per heavy atom. The van der Waals surface area contributed by atoms with Crippen LogP contribution in [-0.2, 0) is 0 Å². The predicted octanol–water partition coefficient (Wildman–Crippen LogP) is 3.82. The summed E-state index contributed by atoms with van der Waals surface area (Å²) < 4.78 is 0. The summed E-state index contributed by atoms with van der Waals surface area (Å²) in [6, 6.07) is 0. The Bertz CT molecular complexity index is 185. The van der Waals surface area contributed by atoms with Crippen LogP contribution in [0.5, 0.6) is 0 Å². The quantitative estimate of drug-likeness (QED) is 0.437. The average molecular weight is 259 g/mol. The van der Waals surface area contributed by atoms with Crippen LogP contribution >= 0.6 is 12.2 Å². The van der Waals surface area contributed by atoms with Gasteiger partial charge in [-0.3, -0.25) is 0 Å². The Hall–Kier alpha value is -0.150. The molecule has 0 radical (unpaired) electrons. The van der Waals surface area contributed by atoms with Gasteiger partial charge in [-0.05, 0) is 25.7 Å². The molecule has 0 bridgehead atoms. The third-order valence-corrected chi connectivity index (χ3v) is 3.52. The number of thiocarbonyl (C=S) groups is 1. The average Bonchev–Trinajstić information content (AvgIpc) is 2.33. The molecule has 0 spiro atoms. The monoisotopic (exact) mass is 259 g/mol. The van der Waals surface area contributed by atoms with Crippen molar-refractivity contribution >= 4 is 17.2 Å². The number of rotatable bonds is 11. The van der Waals surface area contributed by atoms with E-state index < -0.39 is 0 Å². The van der Waals surface area contributed by atoms with Gasteiger partial charge in [0.2, 0.25) is 0 Å². The molecule has 0 rings (SSSR count). The van der Waals surface area contributed by atoms with Crippen LogP contribution in [0.15, 0.2) is 0 Å². The first-order valence-electron chi connectivity index (χ1n) is 7.09. The molecular formula is C14H29NOS. The first-order valence-corrected chi connectivity index (χ1v) is 7.50. The minimum Gasteiger partial charge on any atom is -0.393 e. The molecular weight excluding hydrogens is 230 g/mol. The number of hydrogen-bond donors (Lipinski definition) is 2. The summed E-state index contributed by atoms with van der Waals surface area (Å²) in [7, 11) is 1.86. The molecule has 0 saturated heterocycles. The fourth-order valence-corrected chi connectivity index (χ4v) is 2.07. The molecule has 0 aliphatic rings. The third kappa shape index (κ3) is 12.1. The van der Waals surface area contributed by atoms with Crippen molar-refractivity contribution < 1.29 is 5.11 Å². The van der Waals surface area contributed by atoms with E-state index in [9.17, 15) is 5.11 Å². The molecule has 0 unspecified atom stereocenters. The standard InChI is InChI=1S/C14H29NOS/c1-3-4-5-6-7-8-10-13(16)11-9-12-14(17)15-2/h13,16H,3-12H2,1-2H3,(H,15,17)/t13-/m1/s1. The highest BCUT2D eigenvalue weighted by Gasteiger charge is 2.04. The molecule has 0 saturated carbocycles. The van der Waals surface area contributed by atoms with Crippen LogP contribution in [-0.4, -0.2) is 23.2 Å². The van der Waals surface area contributed by atoms with Gasteiger partial charge >= 0.3 is 0 Å². The molecule has 0 aliphatic heterocycles. The lowest BCUT2D eigenvalue weighted by Gasteiger charge is -2.10. The van der Waals surface area contributed by atoms with Crippen molar-refractivity contribution in [1.82, 2.24) is 5.32 Å². The molecule has 0 heterocycles. The zero-order valence-corrected chi connectivity index (χ0v) is 12.3. The van der Waals surface area contributed by atoms with Crippen molar-refractivity contribution in [3.63, 3.8) is 0 Å². The summed E-state index contributed by atoms with van der Waals surface area (Å²) in [6.07, 6.45) is 11.4. The second-order valence-electron chi connectivity index (χ2n) is 4.78. The Labute approximate surface area is 112 Å². The van der Waals surface area contributed by atoms with Gasteiger partial charge in [0.05, 0.1) is 11.1 Å². The molecule has 0 aromatic heterocycles. The van der Waals surface area contributed by atoms with Crippen molar-refractivity contribution in [3.05, 3.63) is 0 Å². The largest absolute Gasteiger partial charge is 0.393 e. The van der Waals surface area contributed by atoms with Crippen LogP contribution in [0.4, 0.5) is 0 Å². The van der Waals surface area contributed by atoms with Gasteiger partial charge in [-0.1, -0.05) is 57.7 Å². The van der Waals surface area contributed by atoms with E-state index in [1.54, 1.807) is 0 Å². The maximum Gasteiger partial charge on any atom is 0.0750 e. The Kier molecular flexibility index (Phi) is 12.2. The molecule has 0 aromatic rings. The lowest BCUT2D eigenvalue weighted by molar-refractivity contribution is 0.149. The van der Waals surface area contributed by atoms with Crippen LogP contribution in [0.2, 0.25) is 0 Å². The van der Waals surface area contributed by atoms with Crippen LogP contribution in [0, 0.1) is 0 Å². The second-order valence-corrected chi connectivity index (χ2v) is 5.27. The molecule has 3 heteroatoms. The topological polar surface area (TPSA) is 32.3 Å². The first-order chi connectivity index (χ1) is 8.20. The summed E-state index contributed by atoms with van der Waals surface area (Å²) in [5, 5.41) is 12.7. The summed E-state index contributed by atoms with van der Waals surface area (Å²) >= 11 is 5.06. The predicted molar refractivity (Wildman–Crippen MR) is 79.5 cm³/mol. The lowest BCUT2D eigenvalue weighted by Crippen LogP contribution is -2.16. The normalized spacial score (nSPS) is 12.4. The summed E-state index contributed by atoms with van der Waals surface area (Å²) in [5.74, 6) is 0. The molecule has 2 nitrogen and oxygen atoms in total. The van der Waals surface area contributed by atoms with E-state index in [2.05, 4.69) is 12.2 Å². The van der Waals surface area contributed by atoms with Crippen LogP contribution in [0.3, 0.4) is 0 Å². The number of hydrogen-bond acceptors (Lipinski definition) is 2. The van der Waals surface area contributed by atoms with Crippen molar-refractivity contribution in [3.8, 4) is 0 Å². The van der Waals surface area contributed by atoms with Gasteiger partial charge in [0.15, 0.2) is 0 Å². The lowest BCUT2D eigenvalue weighted by atomic mass is 10.0. The number of nitrogens with one attached hydrogen (secondary N) is 1. The minimum absolute atomic E-state index is 0.124. The van der Waals surface area contributed by atoms with E-state index in [1.807, 2.05) is 7.05 Å². The minimum atomic E-state index is -0.124. The third-order valence-electron chi connectivity index (χ3n) is 3.11. The van der Waals surface area contributed by atoms with Crippen molar-refractivity contribution in [2.75, 3.05) is 7.05 Å². The van der Waals surface area contributed by atoms with Crippen LogP contribution < -0.4 is 5.32 Å². The van der Waals surface area contributed by atoms with E-state index in [-0.39, 0.29) is 6.10 Å². The van der Waals surface area contributed by atoms with E-state index in [4.69, 9.17) is 12.2 Å². The maximum atomic E-state index is 9.77. The molecule has 1 atom stereocenters. The van der Waals surface area contributed by atoms with Crippen molar-refractivity contribution in [2.24, 2.45) is 0 Å². The molecule has 0 fully saturated rings. The molecule has 0 aliphatic carbocycles. The Morgan fingerprint density at radius 1 is 1.06 bits per heavy atom. The Balaban J connectivity index is 3.23. The highest BCUT2D eigenvalue weighted by Crippen LogP contribution is 2.12. The highest BCUT2D eigenvalue weighted by atomic mass is 32.1. The fourth-order valence-electron chi connectivity index (χ4n) is 1.93. The molecule has 17 heavy (non-hydrogen) atoms. The summed E-state index contributed by atoms with van der Waals surface area (Å²) in [4.78, 5) is 0.900. The number of unbranched alkanes of at least 4 members (excludes halogenated alkanes) is 5. The van der Waals surface area contributed by atoms with Gasteiger partial charge in [0.1, 0.15) is 0 Å². The molecule has 0 aromatic carbocycles. The van der Waals surface area contributed by atoms with Crippen LogP contribution in [0.25, 0.3) is 0 Å². The molecule has 2 N–H and O–H groups in total. The maximum absolute atomic E-state index is 9.77. The van der Waals surface area contributed by atoms with Crippen molar-refractivity contribution in [2.45, 2.75) is 77.2 Å². The van der Waals surface area contributed by atoms with Gasteiger partial charge < -0.3 is 10.4 Å². The first kappa shape index (κ1) is 16.9. The van der Waals surface area contributed by atoms with Crippen LogP contribution in [0.1, 0.15) is 71.1 Å².